The molecule has 2 saturated heterocycles. The van der Waals surface area contributed by atoms with Gasteiger partial charge in [0, 0.05) is 25.7 Å². The Morgan fingerprint density at radius 2 is 1.86 bits per heavy atom. The van der Waals surface area contributed by atoms with Gasteiger partial charge in [0.25, 0.3) is 5.91 Å². The average molecular weight is 380 g/mol. The Morgan fingerprint density at radius 1 is 1.11 bits per heavy atom. The second kappa shape index (κ2) is 7.64. The maximum atomic E-state index is 13.1. The van der Waals surface area contributed by atoms with Crippen molar-refractivity contribution in [3.63, 3.8) is 0 Å². The number of ether oxygens (including phenoxy) is 2. The van der Waals surface area contributed by atoms with Gasteiger partial charge in [-0.15, -0.1) is 0 Å². The fourth-order valence-corrected chi connectivity index (χ4v) is 3.93. The molecule has 2 atom stereocenters. The summed E-state index contributed by atoms with van der Waals surface area (Å²) in [4.78, 5) is 28.7. The van der Waals surface area contributed by atoms with Crippen molar-refractivity contribution in [3.05, 3.63) is 54.1 Å². The van der Waals surface area contributed by atoms with E-state index in [-0.39, 0.29) is 24.0 Å². The first-order valence-corrected chi connectivity index (χ1v) is 9.48. The summed E-state index contributed by atoms with van der Waals surface area (Å²) in [5, 5.41) is 0. The third kappa shape index (κ3) is 3.47. The fourth-order valence-electron chi connectivity index (χ4n) is 3.93. The lowest BCUT2D eigenvalue weighted by Gasteiger charge is -2.25. The van der Waals surface area contributed by atoms with Gasteiger partial charge in [-0.1, -0.05) is 24.3 Å². The van der Waals surface area contributed by atoms with Crippen LogP contribution in [0.1, 0.15) is 16.8 Å². The van der Waals surface area contributed by atoms with Gasteiger partial charge < -0.3 is 19.3 Å². The van der Waals surface area contributed by atoms with Crippen LogP contribution in [0.15, 0.2) is 48.5 Å². The van der Waals surface area contributed by atoms with Crippen molar-refractivity contribution in [2.24, 2.45) is 0 Å². The minimum absolute atomic E-state index is 0.0396. The number of likely N-dealkylation sites (tertiary alicyclic amines) is 1. The van der Waals surface area contributed by atoms with Crippen LogP contribution in [0, 0.1) is 0 Å². The number of carbonyl (C=O) groups excluding carboxylic acids is 2. The van der Waals surface area contributed by atoms with Gasteiger partial charge in [0.1, 0.15) is 5.75 Å². The third-order valence-electron chi connectivity index (χ3n) is 5.58. The molecule has 0 bridgehead atoms. The Balaban J connectivity index is 1.55. The van der Waals surface area contributed by atoms with Gasteiger partial charge in [0.15, 0.2) is 0 Å². The largest absolute Gasteiger partial charge is 0.497 e. The predicted octanol–water partition coefficient (Wildman–Crippen LogP) is 2.43. The zero-order chi connectivity index (χ0) is 19.7. The van der Waals surface area contributed by atoms with Crippen molar-refractivity contribution in [2.45, 2.75) is 18.6 Å². The molecular formula is C22H24N2O4. The monoisotopic (exact) mass is 380 g/mol. The number of nitrogens with zero attached hydrogens (tertiary/aromatic N) is 2. The Morgan fingerprint density at radius 3 is 2.64 bits per heavy atom. The quantitative estimate of drug-likeness (QED) is 0.821. The molecule has 4 rings (SSSR count). The van der Waals surface area contributed by atoms with Crippen LogP contribution in [0.3, 0.4) is 0 Å². The number of likely N-dealkylation sites (N-methyl/N-ethyl adjacent to an activating group) is 1. The second-order valence-corrected chi connectivity index (χ2v) is 7.25. The van der Waals surface area contributed by atoms with Crippen LogP contribution in [-0.4, -0.2) is 67.6 Å². The number of methoxy groups -OCH3 is 1. The van der Waals surface area contributed by atoms with Crippen LogP contribution in [0.4, 0.5) is 0 Å². The third-order valence-corrected chi connectivity index (χ3v) is 5.58. The molecule has 2 heterocycles. The SMILES string of the molecule is COc1cccc(-c2cccc(C(=O)N3C[C@@H]4OCCC(=O)N(C)[C@H]4C3)c2)c1. The average Bonchev–Trinajstić information content (AvgIpc) is 3.11. The van der Waals surface area contributed by atoms with Crippen molar-refractivity contribution in [3.8, 4) is 16.9 Å². The standard InChI is InChI=1S/C22H24N2O4/c1-23-19-13-24(14-20(19)28-10-9-21(23)25)22(26)17-7-3-5-15(11-17)16-6-4-8-18(12-16)27-2/h3-8,11-12,19-20H,9-10,13-14H2,1-2H3/t19-,20-/m0/s1. The lowest BCUT2D eigenvalue weighted by atomic mass is 10.0. The number of carbonyl (C=O) groups is 2. The molecule has 6 nitrogen and oxygen atoms in total. The molecule has 0 saturated carbocycles. The summed E-state index contributed by atoms with van der Waals surface area (Å²) in [5.74, 6) is 0.808. The van der Waals surface area contributed by atoms with E-state index in [2.05, 4.69) is 0 Å². The molecule has 2 aliphatic rings. The van der Waals surface area contributed by atoms with E-state index in [4.69, 9.17) is 9.47 Å². The number of amides is 2. The van der Waals surface area contributed by atoms with Crippen molar-refractivity contribution < 1.29 is 19.1 Å². The molecule has 0 aliphatic carbocycles. The fraction of sp³-hybridized carbons (Fsp3) is 0.364. The van der Waals surface area contributed by atoms with Crippen LogP contribution in [-0.2, 0) is 9.53 Å². The smallest absolute Gasteiger partial charge is 0.254 e. The molecule has 146 valence electrons. The second-order valence-electron chi connectivity index (χ2n) is 7.25. The Bertz CT molecular complexity index is 898. The number of hydrogen-bond acceptors (Lipinski definition) is 4. The number of hydrogen-bond donors (Lipinski definition) is 0. The van der Waals surface area contributed by atoms with Crippen molar-refractivity contribution in [1.82, 2.24) is 9.80 Å². The van der Waals surface area contributed by atoms with Gasteiger partial charge in [0.2, 0.25) is 5.91 Å². The van der Waals surface area contributed by atoms with Crippen LogP contribution >= 0.6 is 0 Å². The van der Waals surface area contributed by atoms with Crippen molar-refractivity contribution in [2.75, 3.05) is 33.9 Å². The summed E-state index contributed by atoms with van der Waals surface area (Å²) in [7, 11) is 3.43. The summed E-state index contributed by atoms with van der Waals surface area (Å²) < 4.78 is 11.1. The number of benzene rings is 2. The van der Waals surface area contributed by atoms with E-state index in [1.54, 1.807) is 24.0 Å². The summed E-state index contributed by atoms with van der Waals surface area (Å²) in [6.07, 6.45) is 0.280. The summed E-state index contributed by atoms with van der Waals surface area (Å²) in [6, 6.07) is 15.3. The van der Waals surface area contributed by atoms with E-state index in [0.29, 0.717) is 31.7 Å². The summed E-state index contributed by atoms with van der Waals surface area (Å²) in [6.45, 7) is 1.41. The zero-order valence-electron chi connectivity index (χ0n) is 16.1. The molecule has 0 N–H and O–H groups in total. The highest BCUT2D eigenvalue weighted by Crippen LogP contribution is 2.27. The zero-order valence-corrected chi connectivity index (χ0v) is 16.1. The van der Waals surface area contributed by atoms with E-state index in [0.717, 1.165) is 16.9 Å². The number of rotatable bonds is 3. The van der Waals surface area contributed by atoms with E-state index < -0.39 is 0 Å². The maximum absolute atomic E-state index is 13.1. The topological polar surface area (TPSA) is 59.1 Å². The molecule has 2 aromatic rings. The summed E-state index contributed by atoms with van der Waals surface area (Å²) in [5.41, 5.74) is 2.58. The number of fused-ring (bicyclic) bond motifs is 1. The summed E-state index contributed by atoms with van der Waals surface area (Å²) >= 11 is 0. The van der Waals surface area contributed by atoms with Gasteiger partial charge >= 0.3 is 0 Å². The maximum Gasteiger partial charge on any atom is 0.254 e. The highest BCUT2D eigenvalue weighted by atomic mass is 16.5. The van der Waals surface area contributed by atoms with Gasteiger partial charge in [-0.2, -0.15) is 0 Å². The molecule has 0 aromatic heterocycles. The van der Waals surface area contributed by atoms with E-state index in [1.807, 2.05) is 48.5 Å². The first kappa shape index (κ1) is 18.5. The normalized spacial score (nSPS) is 22.0. The molecule has 2 aromatic carbocycles. The minimum atomic E-state index is -0.123. The molecule has 2 amide bonds. The molecule has 0 unspecified atom stereocenters. The van der Waals surface area contributed by atoms with E-state index >= 15 is 0 Å². The molecule has 2 aliphatic heterocycles. The van der Waals surface area contributed by atoms with Gasteiger partial charge in [-0.3, -0.25) is 9.59 Å². The molecule has 0 radical (unpaired) electrons. The lowest BCUT2D eigenvalue weighted by Crippen LogP contribution is -2.43. The van der Waals surface area contributed by atoms with Gasteiger partial charge in [-0.25, -0.2) is 0 Å². The van der Waals surface area contributed by atoms with Crippen LogP contribution in [0.25, 0.3) is 11.1 Å². The molecular weight excluding hydrogens is 356 g/mol. The van der Waals surface area contributed by atoms with Crippen LogP contribution in [0.2, 0.25) is 0 Å². The predicted molar refractivity (Wildman–Crippen MR) is 105 cm³/mol. The van der Waals surface area contributed by atoms with E-state index in [9.17, 15) is 9.59 Å². The molecule has 2 fully saturated rings. The van der Waals surface area contributed by atoms with Crippen molar-refractivity contribution in [1.29, 1.82) is 0 Å². The van der Waals surface area contributed by atoms with Crippen molar-refractivity contribution >= 4 is 11.8 Å². The minimum Gasteiger partial charge on any atom is -0.497 e. The highest BCUT2D eigenvalue weighted by molar-refractivity contribution is 5.96. The lowest BCUT2D eigenvalue weighted by molar-refractivity contribution is -0.131. The Labute approximate surface area is 164 Å². The van der Waals surface area contributed by atoms with Crippen LogP contribution < -0.4 is 4.74 Å². The highest BCUT2D eigenvalue weighted by Gasteiger charge is 2.41. The van der Waals surface area contributed by atoms with E-state index in [1.165, 1.54) is 0 Å². The molecule has 28 heavy (non-hydrogen) atoms. The van der Waals surface area contributed by atoms with Gasteiger partial charge in [-0.05, 0) is 35.4 Å². The first-order valence-electron chi connectivity index (χ1n) is 9.48. The Hall–Kier alpha value is -2.86. The molecule has 0 spiro atoms. The Kier molecular flexibility index (Phi) is 5.05. The molecule has 6 heteroatoms. The van der Waals surface area contributed by atoms with Gasteiger partial charge in [0.05, 0.1) is 32.3 Å². The van der Waals surface area contributed by atoms with Crippen LogP contribution in [0.5, 0.6) is 5.75 Å². The first-order chi connectivity index (χ1) is 13.6.